The quantitative estimate of drug-likeness (QED) is 0.403. The van der Waals surface area contributed by atoms with Gasteiger partial charge in [0, 0.05) is 24.9 Å². The van der Waals surface area contributed by atoms with Gasteiger partial charge in [0.05, 0.1) is 11.9 Å². The van der Waals surface area contributed by atoms with Gasteiger partial charge in [-0.25, -0.2) is 19.9 Å². The largest absolute Gasteiger partial charge is 0.440 e. The fourth-order valence-electron chi connectivity index (χ4n) is 4.18. The van der Waals surface area contributed by atoms with Crippen LogP contribution in [0.2, 0.25) is 0 Å². The Kier molecular flexibility index (Phi) is 5.16. The van der Waals surface area contributed by atoms with E-state index in [0.29, 0.717) is 24.6 Å². The molecule has 0 aliphatic heterocycles. The number of pyridine rings is 1. The zero-order valence-corrected chi connectivity index (χ0v) is 19.2. The predicted molar refractivity (Wildman–Crippen MR) is 128 cm³/mol. The summed E-state index contributed by atoms with van der Waals surface area (Å²) in [5.41, 5.74) is 13.5. The van der Waals surface area contributed by atoms with E-state index in [1.165, 1.54) is 6.33 Å². The van der Waals surface area contributed by atoms with Crippen LogP contribution < -0.4 is 11.1 Å². The molecule has 0 bridgehead atoms. The normalized spacial score (nSPS) is 11.5. The molecule has 33 heavy (non-hydrogen) atoms. The van der Waals surface area contributed by atoms with Crippen molar-refractivity contribution in [2.75, 3.05) is 11.1 Å². The lowest BCUT2D eigenvalue weighted by molar-refractivity contribution is 0.536. The van der Waals surface area contributed by atoms with Gasteiger partial charge in [-0.05, 0) is 55.2 Å². The Morgan fingerprint density at radius 1 is 1.06 bits per heavy atom. The summed E-state index contributed by atoms with van der Waals surface area (Å²) in [6.45, 7) is 9.26. The van der Waals surface area contributed by atoms with Gasteiger partial charge in [0.1, 0.15) is 23.5 Å². The highest BCUT2D eigenvalue weighted by atomic mass is 16.3. The van der Waals surface area contributed by atoms with Crippen LogP contribution in [0, 0.1) is 20.8 Å². The molecule has 0 aliphatic carbocycles. The second-order valence-electron chi connectivity index (χ2n) is 8.29. The minimum Gasteiger partial charge on any atom is -0.440 e. The van der Waals surface area contributed by atoms with Crippen LogP contribution in [0.4, 0.5) is 11.6 Å². The predicted octanol–water partition coefficient (Wildman–Crippen LogP) is 4.09. The number of anilines is 2. The molecule has 0 saturated heterocycles. The first-order valence-electron chi connectivity index (χ1n) is 10.9. The zero-order valence-electron chi connectivity index (χ0n) is 19.2. The highest BCUT2D eigenvalue weighted by molar-refractivity contribution is 5.85. The fraction of sp³-hybridized carbons (Fsp3) is 0.292. The van der Waals surface area contributed by atoms with Gasteiger partial charge in [-0.2, -0.15) is 5.10 Å². The molecule has 3 N–H and O–H groups in total. The highest BCUT2D eigenvalue weighted by Crippen LogP contribution is 2.24. The topological polar surface area (TPSA) is 121 Å². The zero-order chi connectivity index (χ0) is 23.1. The van der Waals surface area contributed by atoms with Crippen LogP contribution in [0.25, 0.3) is 22.1 Å². The molecule has 0 atom stereocenters. The van der Waals surface area contributed by atoms with Gasteiger partial charge in [0.2, 0.25) is 0 Å². The lowest BCUT2D eigenvalue weighted by Gasteiger charge is -2.12. The molecule has 9 nitrogen and oxygen atoms in total. The van der Waals surface area contributed by atoms with Crippen molar-refractivity contribution < 1.29 is 4.42 Å². The van der Waals surface area contributed by atoms with Crippen LogP contribution in [-0.2, 0) is 19.5 Å². The van der Waals surface area contributed by atoms with E-state index in [9.17, 15) is 0 Å². The third-order valence-corrected chi connectivity index (χ3v) is 5.80. The van der Waals surface area contributed by atoms with E-state index in [4.69, 9.17) is 10.2 Å². The Labute approximate surface area is 191 Å². The molecule has 5 aromatic rings. The first kappa shape index (κ1) is 20.9. The molecule has 0 unspecified atom stereocenters. The van der Waals surface area contributed by atoms with Crippen LogP contribution in [0.1, 0.15) is 40.8 Å². The van der Waals surface area contributed by atoms with Gasteiger partial charge >= 0.3 is 0 Å². The Balaban J connectivity index is 1.42. The van der Waals surface area contributed by atoms with Gasteiger partial charge in [0.15, 0.2) is 17.1 Å². The van der Waals surface area contributed by atoms with Crippen molar-refractivity contribution in [1.82, 2.24) is 29.7 Å². The number of aryl methyl sites for hydroxylation is 4. The third kappa shape index (κ3) is 3.97. The first-order chi connectivity index (χ1) is 15.9. The Morgan fingerprint density at radius 2 is 1.91 bits per heavy atom. The summed E-state index contributed by atoms with van der Waals surface area (Å²) in [5.74, 6) is 2.02. The van der Waals surface area contributed by atoms with Crippen molar-refractivity contribution in [3.8, 4) is 0 Å². The maximum absolute atomic E-state index is 5.85. The summed E-state index contributed by atoms with van der Waals surface area (Å²) in [4.78, 5) is 17.7. The summed E-state index contributed by atoms with van der Waals surface area (Å²) in [6, 6.07) is 6.06. The highest BCUT2D eigenvalue weighted by Gasteiger charge is 2.13. The van der Waals surface area contributed by atoms with Crippen molar-refractivity contribution in [2.45, 2.75) is 47.2 Å². The van der Waals surface area contributed by atoms with Gasteiger partial charge in [-0.1, -0.05) is 13.0 Å². The summed E-state index contributed by atoms with van der Waals surface area (Å²) in [7, 11) is 0. The second-order valence-corrected chi connectivity index (χ2v) is 8.29. The lowest BCUT2D eigenvalue weighted by atomic mass is 10.1. The van der Waals surface area contributed by atoms with E-state index in [0.717, 1.165) is 62.6 Å². The van der Waals surface area contributed by atoms with E-state index >= 15 is 0 Å². The van der Waals surface area contributed by atoms with E-state index in [2.05, 4.69) is 42.5 Å². The molecule has 4 aromatic heterocycles. The van der Waals surface area contributed by atoms with Gasteiger partial charge in [-0.15, -0.1) is 0 Å². The fourth-order valence-corrected chi connectivity index (χ4v) is 4.18. The summed E-state index contributed by atoms with van der Waals surface area (Å²) in [5, 5.41) is 8.94. The number of nitrogens with zero attached hydrogens (tertiary/aromatic N) is 6. The smallest absolute Gasteiger partial charge is 0.195 e. The number of benzene rings is 1. The summed E-state index contributed by atoms with van der Waals surface area (Å²) in [6.07, 6.45) is 4.27. The second kappa shape index (κ2) is 8.16. The molecule has 9 heteroatoms. The van der Waals surface area contributed by atoms with Crippen molar-refractivity contribution >= 4 is 33.8 Å². The van der Waals surface area contributed by atoms with Crippen LogP contribution in [0.15, 0.2) is 35.1 Å². The summed E-state index contributed by atoms with van der Waals surface area (Å²) >= 11 is 0. The maximum Gasteiger partial charge on any atom is 0.195 e. The van der Waals surface area contributed by atoms with Crippen LogP contribution >= 0.6 is 0 Å². The van der Waals surface area contributed by atoms with Crippen molar-refractivity contribution in [1.29, 1.82) is 0 Å². The standard InChI is InChI=1S/C24H26N8O/c1-5-21-30-19-8-16(6-14(3)22(19)33-21)10-32-11-18-23(27-12-28-24(18)31-32)26-9-17-13(2)7-20(25)29-15(17)4/h6-8,11-12H,5,9-10H2,1-4H3,(H2,25,29)(H,26,27,28,31). The van der Waals surface area contributed by atoms with E-state index in [1.54, 1.807) is 0 Å². The lowest BCUT2D eigenvalue weighted by Crippen LogP contribution is -2.08. The van der Waals surface area contributed by atoms with Gasteiger partial charge in [-0.3, -0.25) is 4.68 Å². The van der Waals surface area contributed by atoms with Crippen LogP contribution in [0.5, 0.6) is 0 Å². The number of hydrogen-bond donors (Lipinski definition) is 2. The van der Waals surface area contributed by atoms with Crippen LogP contribution in [0.3, 0.4) is 0 Å². The monoisotopic (exact) mass is 442 g/mol. The average Bonchev–Trinajstić information content (AvgIpc) is 3.37. The minimum atomic E-state index is 0.532. The van der Waals surface area contributed by atoms with Crippen molar-refractivity contribution in [2.24, 2.45) is 0 Å². The number of rotatable bonds is 6. The summed E-state index contributed by atoms with van der Waals surface area (Å²) < 4.78 is 7.71. The Morgan fingerprint density at radius 3 is 2.70 bits per heavy atom. The van der Waals surface area contributed by atoms with E-state index < -0.39 is 0 Å². The van der Waals surface area contributed by atoms with Crippen molar-refractivity contribution in [3.05, 3.63) is 64.6 Å². The molecule has 5 rings (SSSR count). The number of fused-ring (bicyclic) bond motifs is 2. The van der Waals surface area contributed by atoms with Crippen LogP contribution in [-0.4, -0.2) is 29.7 Å². The molecule has 0 aliphatic rings. The molecule has 1 aromatic carbocycles. The molecule has 4 heterocycles. The number of aromatic nitrogens is 6. The maximum atomic E-state index is 5.85. The number of nitrogen functional groups attached to an aromatic ring is 1. The molecule has 0 amide bonds. The SMILES string of the molecule is CCc1nc2cc(Cn3cc4c(NCc5c(C)cc(N)nc5C)ncnc4n3)cc(C)c2o1. The van der Waals surface area contributed by atoms with Crippen molar-refractivity contribution in [3.63, 3.8) is 0 Å². The number of nitrogens with two attached hydrogens (primary N) is 1. The molecule has 0 fully saturated rings. The third-order valence-electron chi connectivity index (χ3n) is 5.80. The number of nitrogens with one attached hydrogen (secondary N) is 1. The number of oxazole rings is 1. The van der Waals surface area contributed by atoms with Gasteiger partial charge < -0.3 is 15.5 Å². The molecular weight excluding hydrogens is 416 g/mol. The molecule has 0 radical (unpaired) electrons. The molecular formula is C24H26N8O. The number of hydrogen-bond acceptors (Lipinski definition) is 8. The minimum absolute atomic E-state index is 0.532. The average molecular weight is 443 g/mol. The Hall–Kier alpha value is -4.01. The molecule has 0 spiro atoms. The first-order valence-corrected chi connectivity index (χ1v) is 10.9. The molecule has 168 valence electrons. The Bertz CT molecular complexity index is 1460. The molecule has 0 saturated carbocycles. The van der Waals surface area contributed by atoms with Gasteiger partial charge in [0.25, 0.3) is 0 Å². The van der Waals surface area contributed by atoms with E-state index in [-0.39, 0.29) is 0 Å². The van der Waals surface area contributed by atoms with E-state index in [1.807, 2.05) is 44.6 Å².